The highest BCUT2D eigenvalue weighted by Crippen LogP contribution is 2.16. The van der Waals surface area contributed by atoms with Crippen molar-refractivity contribution >= 4 is 22.5 Å². The molecule has 0 bridgehead atoms. The van der Waals surface area contributed by atoms with Crippen LogP contribution in [0.3, 0.4) is 0 Å². The molecule has 2 aromatic rings. The molecule has 0 atom stereocenters. The Balaban J connectivity index is 2.00. The number of aromatic nitrogens is 2. The Labute approximate surface area is 125 Å². The number of nitrogens with zero attached hydrogens (tertiary/aromatic N) is 3. The lowest BCUT2D eigenvalue weighted by atomic mass is 10.2. The second-order valence-electron chi connectivity index (χ2n) is 5.12. The van der Waals surface area contributed by atoms with Crippen molar-refractivity contribution in [3.05, 3.63) is 30.7 Å². The quantitative estimate of drug-likeness (QED) is 0.850. The second kappa shape index (κ2) is 7.69. The van der Waals surface area contributed by atoms with E-state index in [1.807, 2.05) is 18.2 Å². The van der Waals surface area contributed by atoms with E-state index >= 15 is 0 Å². The van der Waals surface area contributed by atoms with E-state index < -0.39 is 0 Å². The van der Waals surface area contributed by atoms with Crippen molar-refractivity contribution in [2.45, 2.75) is 26.7 Å². The fourth-order valence-electron chi connectivity index (χ4n) is 2.37. The number of fused-ring (bicyclic) bond motifs is 1. The highest BCUT2D eigenvalue weighted by Gasteiger charge is 2.09. The third-order valence-corrected chi connectivity index (χ3v) is 3.24. The third-order valence-electron chi connectivity index (χ3n) is 3.24. The smallest absolute Gasteiger partial charge is 0.238 e. The lowest BCUT2D eigenvalue weighted by molar-refractivity contribution is -0.117. The predicted molar refractivity (Wildman–Crippen MR) is 85.2 cm³/mol. The normalized spacial score (nSPS) is 11.0. The Kier molecular flexibility index (Phi) is 5.63. The van der Waals surface area contributed by atoms with E-state index in [0.717, 1.165) is 42.5 Å². The van der Waals surface area contributed by atoms with Gasteiger partial charge in [0.05, 0.1) is 12.1 Å². The topological polar surface area (TPSA) is 58.1 Å². The zero-order valence-corrected chi connectivity index (χ0v) is 12.7. The minimum absolute atomic E-state index is 0.0214. The van der Waals surface area contributed by atoms with Crippen LogP contribution in [0.15, 0.2) is 30.7 Å². The SMILES string of the molecule is CCCN(CCC)CC(=O)Nc1ccc2ncncc2c1. The predicted octanol–water partition coefficient (Wildman–Crippen LogP) is 2.69. The summed E-state index contributed by atoms with van der Waals surface area (Å²) in [4.78, 5) is 22.5. The summed E-state index contributed by atoms with van der Waals surface area (Å²) in [5.74, 6) is 0.0214. The van der Waals surface area contributed by atoms with E-state index in [0.29, 0.717) is 6.54 Å². The molecule has 0 saturated heterocycles. The summed E-state index contributed by atoms with van der Waals surface area (Å²) in [6, 6.07) is 5.66. The van der Waals surface area contributed by atoms with Crippen LogP contribution in [-0.4, -0.2) is 40.4 Å². The molecule has 0 aliphatic carbocycles. The zero-order chi connectivity index (χ0) is 15.1. The number of carbonyl (C=O) groups is 1. The Morgan fingerprint density at radius 1 is 1.24 bits per heavy atom. The summed E-state index contributed by atoms with van der Waals surface area (Å²) in [5.41, 5.74) is 1.66. The molecule has 1 aromatic heterocycles. The summed E-state index contributed by atoms with van der Waals surface area (Å²) in [6.07, 6.45) is 5.38. The van der Waals surface area contributed by atoms with E-state index in [9.17, 15) is 4.79 Å². The average Bonchev–Trinajstić information content (AvgIpc) is 2.47. The van der Waals surface area contributed by atoms with Crippen LogP contribution in [0.25, 0.3) is 10.9 Å². The van der Waals surface area contributed by atoms with Crippen LogP contribution in [0, 0.1) is 0 Å². The monoisotopic (exact) mass is 286 g/mol. The standard InChI is InChI=1S/C16H22N4O/c1-3-7-20(8-4-2)11-16(21)19-14-5-6-15-13(9-14)10-17-12-18-15/h5-6,9-10,12H,3-4,7-8,11H2,1-2H3,(H,19,21). The molecule has 1 amide bonds. The van der Waals surface area contributed by atoms with Gasteiger partial charge in [0, 0.05) is 17.3 Å². The molecule has 1 heterocycles. The largest absolute Gasteiger partial charge is 0.325 e. The molecule has 0 radical (unpaired) electrons. The third kappa shape index (κ3) is 4.49. The zero-order valence-electron chi connectivity index (χ0n) is 12.7. The van der Waals surface area contributed by atoms with Crippen molar-refractivity contribution in [3.63, 3.8) is 0 Å². The summed E-state index contributed by atoms with van der Waals surface area (Å²) < 4.78 is 0. The molecule has 2 rings (SSSR count). The number of nitrogens with one attached hydrogen (secondary N) is 1. The molecule has 0 spiro atoms. The van der Waals surface area contributed by atoms with Gasteiger partial charge in [-0.15, -0.1) is 0 Å². The molecule has 0 aliphatic rings. The minimum Gasteiger partial charge on any atom is -0.325 e. The molecular formula is C16H22N4O. The van der Waals surface area contributed by atoms with Gasteiger partial charge < -0.3 is 5.32 Å². The molecule has 5 nitrogen and oxygen atoms in total. The number of anilines is 1. The second-order valence-corrected chi connectivity index (χ2v) is 5.12. The van der Waals surface area contributed by atoms with Crippen molar-refractivity contribution in [1.82, 2.24) is 14.9 Å². The van der Waals surface area contributed by atoms with Crippen LogP contribution >= 0.6 is 0 Å². The highest BCUT2D eigenvalue weighted by atomic mass is 16.2. The first-order valence-corrected chi connectivity index (χ1v) is 7.45. The maximum Gasteiger partial charge on any atom is 0.238 e. The maximum atomic E-state index is 12.1. The van der Waals surface area contributed by atoms with Crippen molar-refractivity contribution in [2.75, 3.05) is 25.0 Å². The number of rotatable bonds is 7. The van der Waals surface area contributed by atoms with Gasteiger partial charge in [-0.05, 0) is 44.1 Å². The van der Waals surface area contributed by atoms with E-state index in [1.165, 1.54) is 6.33 Å². The molecule has 1 N–H and O–H groups in total. The van der Waals surface area contributed by atoms with Crippen molar-refractivity contribution < 1.29 is 4.79 Å². The maximum absolute atomic E-state index is 12.1. The number of amides is 1. The summed E-state index contributed by atoms with van der Waals surface area (Å²) in [6.45, 7) is 6.60. The van der Waals surface area contributed by atoms with Crippen molar-refractivity contribution in [2.24, 2.45) is 0 Å². The van der Waals surface area contributed by atoms with Crippen LogP contribution in [0.4, 0.5) is 5.69 Å². The number of hydrogen-bond acceptors (Lipinski definition) is 4. The summed E-state index contributed by atoms with van der Waals surface area (Å²) in [5, 5.41) is 3.87. The van der Waals surface area contributed by atoms with Gasteiger partial charge in [0.2, 0.25) is 5.91 Å². The van der Waals surface area contributed by atoms with Gasteiger partial charge in [-0.1, -0.05) is 13.8 Å². The molecular weight excluding hydrogens is 264 g/mol. The van der Waals surface area contributed by atoms with Gasteiger partial charge in [-0.25, -0.2) is 9.97 Å². The van der Waals surface area contributed by atoms with E-state index in [2.05, 4.69) is 34.0 Å². The summed E-state index contributed by atoms with van der Waals surface area (Å²) in [7, 11) is 0. The molecule has 5 heteroatoms. The van der Waals surface area contributed by atoms with E-state index in [4.69, 9.17) is 0 Å². The molecule has 1 aromatic carbocycles. The van der Waals surface area contributed by atoms with Crippen LogP contribution in [0.5, 0.6) is 0 Å². The van der Waals surface area contributed by atoms with E-state index in [1.54, 1.807) is 6.20 Å². The molecule has 0 aliphatic heterocycles. The van der Waals surface area contributed by atoms with Crippen LogP contribution in [-0.2, 0) is 4.79 Å². The molecule has 0 saturated carbocycles. The van der Waals surface area contributed by atoms with Gasteiger partial charge >= 0.3 is 0 Å². The first-order chi connectivity index (χ1) is 10.2. The Hall–Kier alpha value is -2.01. The van der Waals surface area contributed by atoms with Crippen LogP contribution < -0.4 is 5.32 Å². The van der Waals surface area contributed by atoms with Gasteiger partial charge in [-0.2, -0.15) is 0 Å². The minimum atomic E-state index is 0.0214. The van der Waals surface area contributed by atoms with Gasteiger partial charge in [0.1, 0.15) is 6.33 Å². The molecule has 0 unspecified atom stereocenters. The van der Waals surface area contributed by atoms with Gasteiger partial charge in [0.25, 0.3) is 0 Å². The van der Waals surface area contributed by atoms with Crippen molar-refractivity contribution in [3.8, 4) is 0 Å². The lowest BCUT2D eigenvalue weighted by Gasteiger charge is -2.20. The van der Waals surface area contributed by atoms with Gasteiger partial charge in [0.15, 0.2) is 0 Å². The molecule has 21 heavy (non-hydrogen) atoms. The van der Waals surface area contributed by atoms with E-state index in [-0.39, 0.29) is 5.91 Å². The van der Waals surface area contributed by atoms with Gasteiger partial charge in [-0.3, -0.25) is 9.69 Å². The molecule has 112 valence electrons. The fraction of sp³-hybridized carbons (Fsp3) is 0.438. The Morgan fingerprint density at radius 2 is 2.00 bits per heavy atom. The number of benzene rings is 1. The molecule has 0 fully saturated rings. The lowest BCUT2D eigenvalue weighted by Crippen LogP contribution is -2.34. The summed E-state index contributed by atoms with van der Waals surface area (Å²) >= 11 is 0. The number of carbonyl (C=O) groups excluding carboxylic acids is 1. The average molecular weight is 286 g/mol. The fourth-order valence-corrected chi connectivity index (χ4v) is 2.37. The number of hydrogen-bond donors (Lipinski definition) is 1. The first kappa shape index (κ1) is 15.4. The Bertz CT molecular complexity index is 594. The first-order valence-electron chi connectivity index (χ1n) is 7.45. The highest BCUT2D eigenvalue weighted by molar-refractivity contribution is 5.94. The Morgan fingerprint density at radius 3 is 2.71 bits per heavy atom. The van der Waals surface area contributed by atoms with Crippen molar-refractivity contribution in [1.29, 1.82) is 0 Å². The van der Waals surface area contributed by atoms with Crippen LogP contribution in [0.1, 0.15) is 26.7 Å². The van der Waals surface area contributed by atoms with Crippen LogP contribution in [0.2, 0.25) is 0 Å².